The van der Waals surface area contributed by atoms with Gasteiger partial charge in [-0.25, -0.2) is 0 Å². The van der Waals surface area contributed by atoms with Crippen molar-refractivity contribution in [3.63, 3.8) is 0 Å². The second-order valence-corrected chi connectivity index (χ2v) is 4.56. The highest BCUT2D eigenvalue weighted by Crippen LogP contribution is 2.28. The smallest absolute Gasteiger partial charge is 0.230 e. The van der Waals surface area contributed by atoms with Crippen LogP contribution in [0.4, 0.5) is 11.6 Å². The molecule has 0 aliphatic rings. The van der Waals surface area contributed by atoms with Gasteiger partial charge < -0.3 is 14.8 Å². The average Bonchev–Trinajstić information content (AvgIpc) is 2.46. The van der Waals surface area contributed by atoms with Gasteiger partial charge in [-0.3, -0.25) is 0 Å². The van der Waals surface area contributed by atoms with E-state index < -0.39 is 0 Å². The molecular formula is C13H10Cl2N4O2. The van der Waals surface area contributed by atoms with Crippen molar-refractivity contribution in [2.75, 3.05) is 19.5 Å². The van der Waals surface area contributed by atoms with Gasteiger partial charge in [0.05, 0.1) is 14.2 Å². The minimum absolute atomic E-state index is 0.0186. The van der Waals surface area contributed by atoms with Crippen LogP contribution >= 0.6 is 23.2 Å². The predicted octanol–water partition coefficient (Wildman–Crippen LogP) is 3.42. The molecule has 108 valence electrons. The molecule has 2 aromatic rings. The summed E-state index contributed by atoms with van der Waals surface area (Å²) in [5, 5.41) is 11.8. The molecule has 21 heavy (non-hydrogen) atoms. The number of rotatable bonds is 4. The van der Waals surface area contributed by atoms with E-state index in [1.807, 2.05) is 6.07 Å². The maximum absolute atomic E-state index is 8.86. The summed E-state index contributed by atoms with van der Waals surface area (Å²) in [5.74, 6) is 1.37. The third kappa shape index (κ3) is 3.45. The molecule has 1 heterocycles. The number of methoxy groups -OCH3 is 2. The summed E-state index contributed by atoms with van der Waals surface area (Å²) in [5.41, 5.74) is 0.662. The van der Waals surface area contributed by atoms with Crippen molar-refractivity contribution in [3.8, 4) is 17.6 Å². The summed E-state index contributed by atoms with van der Waals surface area (Å²) in [6, 6.07) is 7.02. The number of ether oxygens (including phenoxy) is 2. The number of aromatic nitrogens is 2. The van der Waals surface area contributed by atoms with Crippen LogP contribution < -0.4 is 14.8 Å². The first kappa shape index (κ1) is 15.2. The van der Waals surface area contributed by atoms with Gasteiger partial charge in [0.2, 0.25) is 5.95 Å². The fourth-order valence-electron chi connectivity index (χ4n) is 1.56. The Labute approximate surface area is 131 Å². The first-order valence-electron chi connectivity index (χ1n) is 5.70. The zero-order valence-electron chi connectivity index (χ0n) is 11.1. The van der Waals surface area contributed by atoms with Crippen LogP contribution in [0.5, 0.6) is 11.5 Å². The topological polar surface area (TPSA) is 80.1 Å². The van der Waals surface area contributed by atoms with Crippen LogP contribution in [0.15, 0.2) is 18.2 Å². The Bertz CT molecular complexity index is 671. The quantitative estimate of drug-likeness (QED) is 0.868. The maximum Gasteiger partial charge on any atom is 0.230 e. The molecule has 0 fully saturated rings. The molecule has 0 saturated heterocycles. The Balaban J connectivity index is 2.36. The number of halogens is 2. The van der Waals surface area contributed by atoms with E-state index in [1.165, 1.54) is 0 Å². The Morgan fingerprint density at radius 2 is 1.57 bits per heavy atom. The summed E-state index contributed by atoms with van der Waals surface area (Å²) in [6.07, 6.45) is 0. The second kappa shape index (κ2) is 6.48. The third-order valence-electron chi connectivity index (χ3n) is 2.54. The highest BCUT2D eigenvalue weighted by Gasteiger charge is 2.12. The lowest BCUT2D eigenvalue weighted by Crippen LogP contribution is -2.00. The van der Waals surface area contributed by atoms with E-state index in [-0.39, 0.29) is 21.8 Å². The van der Waals surface area contributed by atoms with Gasteiger partial charge in [0.25, 0.3) is 0 Å². The first-order chi connectivity index (χ1) is 10.1. The van der Waals surface area contributed by atoms with Gasteiger partial charge in [0, 0.05) is 23.9 Å². The SMILES string of the molecule is COc1cc(Nc2nc(Cl)c(C#N)c(Cl)n2)cc(OC)c1. The minimum Gasteiger partial charge on any atom is -0.497 e. The van der Waals surface area contributed by atoms with Crippen LogP contribution in [0.3, 0.4) is 0 Å². The minimum atomic E-state index is -0.0186. The maximum atomic E-state index is 8.86. The van der Waals surface area contributed by atoms with Crippen molar-refractivity contribution < 1.29 is 9.47 Å². The Morgan fingerprint density at radius 1 is 1.05 bits per heavy atom. The third-order valence-corrected chi connectivity index (χ3v) is 3.09. The molecule has 0 saturated carbocycles. The lowest BCUT2D eigenvalue weighted by molar-refractivity contribution is 0.395. The molecule has 1 aromatic carbocycles. The molecule has 0 bridgehead atoms. The number of anilines is 2. The van der Waals surface area contributed by atoms with Crippen molar-refractivity contribution >= 4 is 34.8 Å². The molecule has 1 aromatic heterocycles. The zero-order chi connectivity index (χ0) is 15.4. The van der Waals surface area contributed by atoms with E-state index >= 15 is 0 Å². The Hall–Kier alpha value is -2.23. The van der Waals surface area contributed by atoms with E-state index in [4.69, 9.17) is 37.9 Å². The van der Waals surface area contributed by atoms with Gasteiger partial charge in [-0.15, -0.1) is 0 Å². The van der Waals surface area contributed by atoms with Crippen LogP contribution in [0.1, 0.15) is 5.56 Å². The fraction of sp³-hybridized carbons (Fsp3) is 0.154. The van der Waals surface area contributed by atoms with Gasteiger partial charge >= 0.3 is 0 Å². The van der Waals surface area contributed by atoms with Crippen LogP contribution in [0.2, 0.25) is 10.3 Å². The van der Waals surface area contributed by atoms with Crippen molar-refractivity contribution in [2.24, 2.45) is 0 Å². The van der Waals surface area contributed by atoms with Gasteiger partial charge in [-0.05, 0) is 0 Å². The molecule has 0 amide bonds. The molecule has 6 nitrogen and oxygen atoms in total. The van der Waals surface area contributed by atoms with Gasteiger partial charge in [0.15, 0.2) is 10.3 Å². The van der Waals surface area contributed by atoms with Gasteiger partial charge in [-0.2, -0.15) is 15.2 Å². The molecule has 1 N–H and O–H groups in total. The number of nitrogens with one attached hydrogen (secondary N) is 1. The molecule has 8 heteroatoms. The molecule has 0 aliphatic carbocycles. The van der Waals surface area contributed by atoms with Gasteiger partial charge in [0.1, 0.15) is 23.1 Å². The largest absolute Gasteiger partial charge is 0.497 e. The van der Waals surface area contributed by atoms with Crippen molar-refractivity contribution in [3.05, 3.63) is 34.1 Å². The lowest BCUT2D eigenvalue weighted by Gasteiger charge is -2.10. The lowest BCUT2D eigenvalue weighted by atomic mass is 10.3. The van der Waals surface area contributed by atoms with Crippen LogP contribution in [0.25, 0.3) is 0 Å². The molecule has 0 unspecified atom stereocenters. The molecule has 0 spiro atoms. The Kier molecular flexibility index (Phi) is 4.68. The Morgan fingerprint density at radius 3 is 2.00 bits per heavy atom. The van der Waals surface area contributed by atoms with Crippen LogP contribution in [-0.2, 0) is 0 Å². The normalized spacial score (nSPS) is 9.86. The zero-order valence-corrected chi connectivity index (χ0v) is 12.7. The van der Waals surface area contributed by atoms with E-state index in [9.17, 15) is 0 Å². The molecule has 0 radical (unpaired) electrons. The highest BCUT2D eigenvalue weighted by atomic mass is 35.5. The number of benzene rings is 1. The molecule has 2 rings (SSSR count). The summed E-state index contributed by atoms with van der Waals surface area (Å²) < 4.78 is 10.3. The number of hydrogen-bond donors (Lipinski definition) is 1. The van der Waals surface area contributed by atoms with Crippen molar-refractivity contribution in [2.45, 2.75) is 0 Å². The number of nitrogens with zero attached hydrogens (tertiary/aromatic N) is 3. The van der Waals surface area contributed by atoms with E-state index in [0.29, 0.717) is 17.2 Å². The number of nitriles is 1. The van der Waals surface area contributed by atoms with Crippen LogP contribution in [-0.4, -0.2) is 24.2 Å². The summed E-state index contributed by atoms with van der Waals surface area (Å²) in [7, 11) is 3.09. The van der Waals surface area contributed by atoms with Crippen LogP contribution in [0, 0.1) is 11.3 Å². The summed E-state index contributed by atoms with van der Waals surface area (Å²) >= 11 is 11.7. The van der Waals surface area contributed by atoms with E-state index in [1.54, 1.807) is 32.4 Å². The number of hydrogen-bond acceptors (Lipinski definition) is 6. The summed E-state index contributed by atoms with van der Waals surface area (Å²) in [4.78, 5) is 7.93. The standard InChI is InChI=1S/C13H10Cl2N4O2/c1-20-8-3-7(4-9(5-8)21-2)17-13-18-11(14)10(6-16)12(15)19-13/h3-5H,1-2H3,(H,17,18,19). The first-order valence-corrected chi connectivity index (χ1v) is 6.46. The predicted molar refractivity (Wildman–Crippen MR) is 79.6 cm³/mol. The van der Waals surface area contributed by atoms with E-state index in [0.717, 1.165) is 0 Å². The van der Waals surface area contributed by atoms with Crippen molar-refractivity contribution in [1.82, 2.24) is 9.97 Å². The molecular weight excluding hydrogens is 315 g/mol. The summed E-state index contributed by atoms with van der Waals surface area (Å²) in [6.45, 7) is 0. The van der Waals surface area contributed by atoms with E-state index in [2.05, 4.69) is 15.3 Å². The highest BCUT2D eigenvalue weighted by molar-refractivity contribution is 6.35. The fourth-order valence-corrected chi connectivity index (χ4v) is 2.04. The van der Waals surface area contributed by atoms with Crippen molar-refractivity contribution in [1.29, 1.82) is 5.26 Å². The monoisotopic (exact) mass is 324 g/mol. The average molecular weight is 325 g/mol. The second-order valence-electron chi connectivity index (χ2n) is 3.84. The molecule has 0 aliphatic heterocycles. The molecule has 0 atom stereocenters. The van der Waals surface area contributed by atoms with Gasteiger partial charge in [-0.1, -0.05) is 23.2 Å².